The smallest absolute Gasteiger partial charge is 0.141 e. The van der Waals surface area contributed by atoms with Crippen LogP contribution in [-0.4, -0.2) is 23.9 Å². The van der Waals surface area contributed by atoms with Crippen LogP contribution in [0.15, 0.2) is 15.4 Å². The first-order valence-electron chi connectivity index (χ1n) is 4.96. The summed E-state index contributed by atoms with van der Waals surface area (Å²) < 4.78 is 0. The van der Waals surface area contributed by atoms with Gasteiger partial charge in [-0.3, -0.25) is 0 Å². The average Bonchev–Trinajstić information content (AvgIpc) is 2.60. The van der Waals surface area contributed by atoms with Crippen molar-refractivity contribution in [1.29, 1.82) is 0 Å². The van der Waals surface area contributed by atoms with E-state index in [-0.39, 0.29) is 0 Å². The number of hydrogen-bond donors (Lipinski definition) is 0. The SMILES string of the molecule is CC1=NOC2C3CC(C4N=NC34)C12. The summed E-state index contributed by atoms with van der Waals surface area (Å²) in [7, 11) is 0. The van der Waals surface area contributed by atoms with E-state index < -0.39 is 0 Å². The summed E-state index contributed by atoms with van der Waals surface area (Å²) in [6.45, 7) is 2.08. The summed E-state index contributed by atoms with van der Waals surface area (Å²) >= 11 is 0. The highest BCUT2D eigenvalue weighted by Crippen LogP contribution is 2.57. The van der Waals surface area contributed by atoms with Gasteiger partial charge in [0.05, 0.1) is 11.8 Å². The third-order valence-corrected chi connectivity index (χ3v) is 4.14. The number of rotatable bonds is 0. The zero-order valence-corrected chi connectivity index (χ0v) is 7.42. The second kappa shape index (κ2) is 1.79. The molecule has 6 unspecified atom stereocenters. The molecule has 0 spiro atoms. The maximum absolute atomic E-state index is 5.46. The Morgan fingerprint density at radius 2 is 2.00 bits per heavy atom. The molecule has 4 aliphatic rings. The van der Waals surface area contributed by atoms with Gasteiger partial charge in [-0.2, -0.15) is 10.2 Å². The van der Waals surface area contributed by atoms with Gasteiger partial charge in [-0.05, 0) is 19.3 Å². The lowest BCUT2D eigenvalue weighted by molar-refractivity contribution is 0.00784. The van der Waals surface area contributed by atoms with Crippen molar-refractivity contribution < 1.29 is 4.84 Å². The molecule has 0 saturated heterocycles. The van der Waals surface area contributed by atoms with E-state index in [9.17, 15) is 0 Å². The first-order chi connectivity index (χ1) is 6.36. The van der Waals surface area contributed by atoms with Gasteiger partial charge in [-0.1, -0.05) is 5.16 Å². The summed E-state index contributed by atoms with van der Waals surface area (Å²) in [5.41, 5.74) is 1.18. The molecule has 0 aromatic carbocycles. The van der Waals surface area contributed by atoms with E-state index in [0.29, 0.717) is 35.9 Å². The molecule has 2 bridgehead atoms. The lowest BCUT2D eigenvalue weighted by atomic mass is 9.78. The van der Waals surface area contributed by atoms with Crippen molar-refractivity contribution in [3.63, 3.8) is 0 Å². The van der Waals surface area contributed by atoms with Crippen LogP contribution in [0.2, 0.25) is 0 Å². The minimum absolute atomic E-state index is 0.338. The summed E-state index contributed by atoms with van der Waals surface area (Å²) in [6.07, 6.45) is 1.59. The van der Waals surface area contributed by atoms with Crippen LogP contribution >= 0.6 is 0 Å². The fourth-order valence-corrected chi connectivity index (χ4v) is 3.59. The van der Waals surface area contributed by atoms with Crippen molar-refractivity contribution in [2.75, 3.05) is 0 Å². The predicted octanol–water partition coefficient (Wildman–Crippen LogP) is 1.23. The van der Waals surface area contributed by atoms with Crippen molar-refractivity contribution in [2.45, 2.75) is 31.5 Å². The first kappa shape index (κ1) is 6.51. The van der Waals surface area contributed by atoms with Crippen molar-refractivity contribution in [3.8, 4) is 0 Å². The van der Waals surface area contributed by atoms with Crippen LogP contribution in [0.3, 0.4) is 0 Å². The lowest BCUT2D eigenvalue weighted by Gasteiger charge is -2.35. The third-order valence-electron chi connectivity index (χ3n) is 4.14. The Hall–Kier alpha value is -0.930. The molecule has 0 radical (unpaired) electrons. The normalized spacial score (nSPS) is 59.6. The van der Waals surface area contributed by atoms with E-state index in [0.717, 1.165) is 0 Å². The van der Waals surface area contributed by atoms with Crippen LogP contribution in [0, 0.1) is 17.8 Å². The number of nitrogens with zero attached hydrogens (tertiary/aromatic N) is 3. The zero-order valence-electron chi connectivity index (χ0n) is 7.42. The second-order valence-corrected chi connectivity index (χ2v) is 4.60. The Morgan fingerprint density at radius 3 is 2.77 bits per heavy atom. The molecule has 4 heteroatoms. The Morgan fingerprint density at radius 1 is 1.23 bits per heavy atom. The van der Waals surface area contributed by atoms with Gasteiger partial charge in [-0.15, -0.1) is 0 Å². The first-order valence-corrected chi connectivity index (χ1v) is 4.96. The summed E-state index contributed by atoms with van der Waals surface area (Å²) in [4.78, 5) is 5.46. The van der Waals surface area contributed by atoms with E-state index in [1.807, 2.05) is 0 Å². The number of fused-ring (bicyclic) bond motifs is 8. The Bertz CT molecular complexity index is 338. The third kappa shape index (κ3) is 0.540. The van der Waals surface area contributed by atoms with Crippen LogP contribution < -0.4 is 0 Å². The van der Waals surface area contributed by atoms with Gasteiger partial charge >= 0.3 is 0 Å². The Balaban J connectivity index is 1.80. The van der Waals surface area contributed by atoms with Crippen LogP contribution in [-0.2, 0) is 4.84 Å². The molecule has 2 fully saturated rings. The molecular formula is C9H11N3O. The van der Waals surface area contributed by atoms with Gasteiger partial charge in [0, 0.05) is 11.8 Å². The van der Waals surface area contributed by atoms with Crippen molar-refractivity contribution >= 4 is 5.71 Å². The largest absolute Gasteiger partial charge is 0.391 e. The number of hydrogen-bond acceptors (Lipinski definition) is 4. The number of oxime groups is 1. The molecule has 4 nitrogen and oxygen atoms in total. The van der Waals surface area contributed by atoms with E-state index in [1.54, 1.807) is 0 Å². The molecule has 0 aromatic heterocycles. The van der Waals surface area contributed by atoms with Gasteiger partial charge in [0.15, 0.2) is 0 Å². The molecule has 13 heavy (non-hydrogen) atoms. The minimum atomic E-state index is 0.338. The second-order valence-electron chi connectivity index (χ2n) is 4.60. The van der Waals surface area contributed by atoms with E-state index in [4.69, 9.17) is 4.84 Å². The molecule has 2 heterocycles. The highest BCUT2D eigenvalue weighted by Gasteiger charge is 2.65. The van der Waals surface area contributed by atoms with E-state index in [2.05, 4.69) is 22.3 Å². The number of azo groups is 1. The fourth-order valence-electron chi connectivity index (χ4n) is 3.59. The molecular weight excluding hydrogens is 166 g/mol. The predicted molar refractivity (Wildman–Crippen MR) is 45.5 cm³/mol. The quantitative estimate of drug-likeness (QED) is 0.549. The molecule has 0 N–H and O–H groups in total. The topological polar surface area (TPSA) is 46.3 Å². The standard InChI is InChI=1S/C9H11N3O/c1-3-6-4-2-5(9(6)13-12-3)8-7(4)10-11-8/h4-9H,2H2,1H3. The fraction of sp³-hybridized carbons (Fsp3) is 0.889. The maximum Gasteiger partial charge on any atom is 0.141 e. The minimum Gasteiger partial charge on any atom is -0.391 e. The van der Waals surface area contributed by atoms with Gasteiger partial charge in [0.2, 0.25) is 0 Å². The molecule has 0 aromatic rings. The monoisotopic (exact) mass is 177 g/mol. The molecule has 4 rings (SSSR count). The van der Waals surface area contributed by atoms with Crippen molar-refractivity contribution in [2.24, 2.45) is 33.1 Å². The molecule has 6 atom stereocenters. The maximum atomic E-state index is 5.46. The van der Waals surface area contributed by atoms with Crippen LogP contribution in [0.25, 0.3) is 0 Å². The summed E-state index contributed by atoms with van der Waals surface area (Å²) in [5, 5.41) is 12.5. The van der Waals surface area contributed by atoms with Gasteiger partial charge in [0.25, 0.3) is 0 Å². The molecule has 0 amide bonds. The Labute approximate surface area is 76.0 Å². The van der Waals surface area contributed by atoms with Crippen LogP contribution in [0.5, 0.6) is 0 Å². The van der Waals surface area contributed by atoms with E-state index >= 15 is 0 Å². The van der Waals surface area contributed by atoms with E-state index in [1.165, 1.54) is 12.1 Å². The zero-order chi connectivity index (χ0) is 8.58. The summed E-state index contributed by atoms with van der Waals surface area (Å²) in [6, 6.07) is 0.991. The molecule has 2 aliphatic carbocycles. The van der Waals surface area contributed by atoms with Gasteiger partial charge in [-0.25, -0.2) is 0 Å². The molecule has 2 saturated carbocycles. The Kier molecular flexibility index (Phi) is 0.895. The average molecular weight is 177 g/mol. The van der Waals surface area contributed by atoms with Crippen LogP contribution in [0.4, 0.5) is 0 Å². The van der Waals surface area contributed by atoms with Crippen LogP contribution in [0.1, 0.15) is 13.3 Å². The van der Waals surface area contributed by atoms with Crippen molar-refractivity contribution in [3.05, 3.63) is 0 Å². The van der Waals surface area contributed by atoms with Gasteiger partial charge < -0.3 is 4.84 Å². The van der Waals surface area contributed by atoms with Crippen molar-refractivity contribution in [1.82, 2.24) is 0 Å². The molecule has 2 aliphatic heterocycles. The lowest BCUT2D eigenvalue weighted by Crippen LogP contribution is -2.47. The summed E-state index contributed by atoms with van der Waals surface area (Å²) in [5.74, 6) is 1.85. The highest BCUT2D eigenvalue weighted by molar-refractivity contribution is 5.86. The molecule has 68 valence electrons. The van der Waals surface area contributed by atoms with Gasteiger partial charge in [0.1, 0.15) is 12.1 Å². The highest BCUT2D eigenvalue weighted by atomic mass is 16.6.